The summed E-state index contributed by atoms with van der Waals surface area (Å²) in [4.78, 5) is 16.5. The highest BCUT2D eigenvalue weighted by Gasteiger charge is 2.08. The van der Waals surface area contributed by atoms with E-state index in [2.05, 4.69) is 31.2 Å². The topological polar surface area (TPSA) is 60.7 Å². The zero-order valence-electron chi connectivity index (χ0n) is 10.6. The van der Waals surface area contributed by atoms with Crippen molar-refractivity contribution >= 4 is 32.7 Å². The molecule has 0 unspecified atom stereocenters. The monoisotopic (exact) mass is 353 g/mol. The maximum atomic E-state index is 13.6. The fraction of sp³-hybridized carbons (Fsp3) is 0.0714. The highest BCUT2D eigenvalue weighted by atomic mass is 79.9. The molecule has 3 N–H and O–H groups in total. The van der Waals surface area contributed by atoms with Crippen molar-refractivity contribution in [2.45, 2.75) is 6.54 Å². The summed E-state index contributed by atoms with van der Waals surface area (Å²) in [6.45, 7) is 0.127. The van der Waals surface area contributed by atoms with Crippen molar-refractivity contribution < 1.29 is 8.78 Å². The van der Waals surface area contributed by atoms with Crippen LogP contribution in [0, 0.1) is 11.6 Å². The van der Waals surface area contributed by atoms with E-state index in [4.69, 9.17) is 0 Å². The van der Waals surface area contributed by atoms with Crippen molar-refractivity contribution in [3.63, 3.8) is 0 Å². The van der Waals surface area contributed by atoms with Crippen LogP contribution < -0.4 is 11.0 Å². The van der Waals surface area contributed by atoms with Crippen LogP contribution in [0.3, 0.4) is 0 Å². The smallest absolute Gasteiger partial charge is 0.323 e. The highest BCUT2D eigenvalue weighted by Crippen LogP contribution is 2.27. The molecule has 1 aromatic heterocycles. The summed E-state index contributed by atoms with van der Waals surface area (Å²) < 4.78 is 27.4. The van der Waals surface area contributed by atoms with Gasteiger partial charge >= 0.3 is 5.69 Å². The Bertz CT molecular complexity index is 872. The second kappa shape index (κ2) is 5.33. The van der Waals surface area contributed by atoms with Gasteiger partial charge in [-0.05, 0) is 46.3 Å². The Balaban J connectivity index is 1.89. The number of aromatic nitrogens is 2. The van der Waals surface area contributed by atoms with Gasteiger partial charge in [-0.15, -0.1) is 0 Å². The molecule has 0 saturated carbocycles. The summed E-state index contributed by atoms with van der Waals surface area (Å²) in [5.74, 6) is -0.964. The van der Waals surface area contributed by atoms with Gasteiger partial charge in [-0.1, -0.05) is 0 Å². The van der Waals surface area contributed by atoms with Crippen LogP contribution in [-0.4, -0.2) is 9.97 Å². The van der Waals surface area contributed by atoms with Crippen LogP contribution >= 0.6 is 15.9 Å². The van der Waals surface area contributed by atoms with E-state index in [-0.39, 0.29) is 17.8 Å². The number of imidazole rings is 1. The van der Waals surface area contributed by atoms with Crippen molar-refractivity contribution in [1.82, 2.24) is 9.97 Å². The minimum atomic E-state index is -0.488. The maximum absolute atomic E-state index is 13.6. The molecule has 1 heterocycles. The molecule has 0 bridgehead atoms. The molecule has 0 aliphatic rings. The number of hydrogen-bond donors (Lipinski definition) is 3. The predicted molar refractivity (Wildman–Crippen MR) is 80.3 cm³/mol. The normalized spacial score (nSPS) is 11.0. The molecule has 0 fully saturated rings. The van der Waals surface area contributed by atoms with Gasteiger partial charge in [0.1, 0.15) is 11.6 Å². The fourth-order valence-corrected chi connectivity index (χ4v) is 2.54. The maximum Gasteiger partial charge on any atom is 0.323 e. The van der Waals surface area contributed by atoms with E-state index in [1.165, 1.54) is 0 Å². The zero-order valence-corrected chi connectivity index (χ0v) is 12.2. The van der Waals surface area contributed by atoms with Gasteiger partial charge in [0.15, 0.2) is 0 Å². The second-order valence-corrected chi connectivity index (χ2v) is 5.40. The third-order valence-corrected chi connectivity index (χ3v) is 3.74. The van der Waals surface area contributed by atoms with Gasteiger partial charge in [-0.3, -0.25) is 0 Å². The summed E-state index contributed by atoms with van der Waals surface area (Å²) in [6.07, 6.45) is 0. The molecule has 0 aliphatic heterocycles. The molecule has 0 saturated heterocycles. The molecule has 3 rings (SSSR count). The van der Waals surface area contributed by atoms with Crippen LogP contribution in [0.4, 0.5) is 14.5 Å². The van der Waals surface area contributed by atoms with Crippen molar-refractivity contribution in [2.75, 3.05) is 5.32 Å². The number of halogens is 3. The van der Waals surface area contributed by atoms with Crippen LogP contribution in [0.15, 0.2) is 39.6 Å². The zero-order chi connectivity index (χ0) is 15.0. The van der Waals surface area contributed by atoms with E-state index in [1.807, 2.05) is 0 Å². The first-order chi connectivity index (χ1) is 10.0. The SMILES string of the molecule is O=c1[nH]c2cc(Br)c(NCc3cc(F)ccc3F)cc2[nH]1. The number of fused-ring (bicyclic) bond motifs is 1. The Kier molecular flexibility index (Phi) is 3.50. The van der Waals surface area contributed by atoms with Gasteiger partial charge in [0, 0.05) is 16.6 Å². The quantitative estimate of drug-likeness (QED) is 0.674. The molecule has 3 aromatic rings. The number of aromatic amines is 2. The van der Waals surface area contributed by atoms with Gasteiger partial charge in [-0.25, -0.2) is 13.6 Å². The van der Waals surface area contributed by atoms with Crippen LogP contribution in [-0.2, 0) is 6.54 Å². The number of anilines is 1. The lowest BCUT2D eigenvalue weighted by atomic mass is 10.2. The lowest BCUT2D eigenvalue weighted by Gasteiger charge is -2.09. The molecule has 0 aliphatic carbocycles. The van der Waals surface area contributed by atoms with Gasteiger partial charge < -0.3 is 15.3 Å². The van der Waals surface area contributed by atoms with Gasteiger partial charge in [-0.2, -0.15) is 0 Å². The molecular formula is C14H10BrF2N3O. The Morgan fingerprint density at radius 3 is 2.57 bits per heavy atom. The van der Waals surface area contributed by atoms with Gasteiger partial charge in [0.25, 0.3) is 0 Å². The molecule has 21 heavy (non-hydrogen) atoms. The van der Waals surface area contributed by atoms with Crippen LogP contribution in [0.5, 0.6) is 0 Å². The minimum Gasteiger partial charge on any atom is -0.380 e. The molecule has 4 nitrogen and oxygen atoms in total. The number of H-pyrrole nitrogens is 2. The lowest BCUT2D eigenvalue weighted by Crippen LogP contribution is -2.03. The van der Waals surface area contributed by atoms with E-state index >= 15 is 0 Å². The molecule has 0 radical (unpaired) electrons. The molecule has 0 amide bonds. The molecule has 108 valence electrons. The first kappa shape index (κ1) is 13.8. The van der Waals surface area contributed by atoms with E-state index in [1.54, 1.807) is 12.1 Å². The Morgan fingerprint density at radius 1 is 1.10 bits per heavy atom. The van der Waals surface area contributed by atoms with Crippen LogP contribution in [0.2, 0.25) is 0 Å². The lowest BCUT2D eigenvalue weighted by molar-refractivity contribution is 0.587. The Morgan fingerprint density at radius 2 is 1.81 bits per heavy atom. The van der Waals surface area contributed by atoms with E-state index in [0.29, 0.717) is 21.2 Å². The van der Waals surface area contributed by atoms with Gasteiger partial charge in [0.2, 0.25) is 0 Å². The fourth-order valence-electron chi connectivity index (χ4n) is 2.06. The number of nitrogens with one attached hydrogen (secondary N) is 3. The Hall–Kier alpha value is -2.15. The van der Waals surface area contributed by atoms with E-state index in [9.17, 15) is 13.6 Å². The molecule has 0 spiro atoms. The van der Waals surface area contributed by atoms with Crippen molar-refractivity contribution in [3.05, 3.63) is 62.5 Å². The van der Waals surface area contributed by atoms with E-state index < -0.39 is 11.6 Å². The Labute approximate surface area is 126 Å². The van der Waals surface area contributed by atoms with Crippen molar-refractivity contribution in [1.29, 1.82) is 0 Å². The summed E-state index contributed by atoms with van der Waals surface area (Å²) in [5.41, 5.74) is 1.89. The molecule has 2 aromatic carbocycles. The first-order valence-corrected chi connectivity index (χ1v) is 6.91. The third-order valence-electron chi connectivity index (χ3n) is 3.08. The molecule has 7 heteroatoms. The van der Waals surface area contributed by atoms with Crippen LogP contribution in [0.1, 0.15) is 5.56 Å². The number of rotatable bonds is 3. The molecule has 0 atom stereocenters. The largest absolute Gasteiger partial charge is 0.380 e. The van der Waals surface area contributed by atoms with E-state index in [0.717, 1.165) is 18.2 Å². The average molecular weight is 354 g/mol. The summed E-state index contributed by atoms with van der Waals surface area (Å²) >= 11 is 3.37. The molecular weight excluding hydrogens is 344 g/mol. The van der Waals surface area contributed by atoms with Crippen molar-refractivity contribution in [3.8, 4) is 0 Å². The minimum absolute atomic E-state index is 0.127. The predicted octanol–water partition coefficient (Wildman–Crippen LogP) is 3.51. The van der Waals surface area contributed by atoms with Crippen molar-refractivity contribution in [2.24, 2.45) is 0 Å². The summed E-state index contributed by atoms with van der Waals surface area (Å²) in [7, 11) is 0. The number of benzene rings is 2. The highest BCUT2D eigenvalue weighted by molar-refractivity contribution is 9.10. The standard InChI is InChI=1S/C14H10BrF2N3O/c15-9-4-12-13(20-14(21)19-12)5-11(9)18-6-7-3-8(16)1-2-10(7)17/h1-5,18H,6H2,(H2,19,20,21). The van der Waals surface area contributed by atoms with Gasteiger partial charge in [0.05, 0.1) is 16.7 Å². The van der Waals surface area contributed by atoms with Crippen LogP contribution in [0.25, 0.3) is 11.0 Å². The second-order valence-electron chi connectivity index (χ2n) is 4.55. The summed E-state index contributed by atoms with van der Waals surface area (Å²) in [5, 5.41) is 3.01. The first-order valence-electron chi connectivity index (χ1n) is 6.12. The third kappa shape index (κ3) is 2.82. The summed E-state index contributed by atoms with van der Waals surface area (Å²) in [6, 6.07) is 6.76. The number of hydrogen-bond acceptors (Lipinski definition) is 2. The average Bonchev–Trinajstić information content (AvgIpc) is 2.78.